The van der Waals surface area contributed by atoms with Crippen LogP contribution in [0.4, 0.5) is 0 Å². The molecule has 0 fully saturated rings. The lowest BCUT2D eigenvalue weighted by atomic mass is 9.92. The number of nitriles is 1. The Bertz CT molecular complexity index is 332. The van der Waals surface area contributed by atoms with Crippen LogP contribution in [0.25, 0.3) is 0 Å². The highest BCUT2D eigenvalue weighted by Crippen LogP contribution is 2.24. The van der Waals surface area contributed by atoms with Gasteiger partial charge in [-0.05, 0) is 30.7 Å². The minimum Gasteiger partial charge on any atom is -0.193 e. The average molecular weight is 199 g/mol. The first-order chi connectivity index (χ1) is 7.38. The quantitative estimate of drug-likeness (QED) is 0.656. The molecule has 0 heterocycles. The van der Waals surface area contributed by atoms with Crippen molar-refractivity contribution in [3.05, 3.63) is 48.0 Å². The van der Waals surface area contributed by atoms with Crippen molar-refractivity contribution < 1.29 is 0 Å². The highest BCUT2D eigenvalue weighted by atomic mass is 14.2. The smallest absolute Gasteiger partial charge is 0.0908 e. The molecule has 0 saturated carbocycles. The van der Waals surface area contributed by atoms with E-state index in [-0.39, 0.29) is 0 Å². The Hall–Kier alpha value is -1.55. The fourth-order valence-electron chi connectivity index (χ4n) is 1.77. The molecule has 1 aromatic carbocycles. The topological polar surface area (TPSA) is 23.8 Å². The molecule has 1 nitrogen and oxygen atoms in total. The van der Waals surface area contributed by atoms with E-state index in [2.05, 4.69) is 31.2 Å². The van der Waals surface area contributed by atoms with Gasteiger partial charge in [0.1, 0.15) is 0 Å². The van der Waals surface area contributed by atoms with Gasteiger partial charge < -0.3 is 0 Å². The van der Waals surface area contributed by atoms with Crippen LogP contribution in [0.3, 0.4) is 0 Å². The summed E-state index contributed by atoms with van der Waals surface area (Å²) >= 11 is 0. The Labute approximate surface area is 92.1 Å². The molecular formula is C14H17N. The molecule has 0 aliphatic carbocycles. The summed E-state index contributed by atoms with van der Waals surface area (Å²) < 4.78 is 0. The Morgan fingerprint density at radius 2 is 2.07 bits per heavy atom. The Balaban J connectivity index is 2.51. The normalized spacial score (nSPS) is 12.5. The molecule has 0 saturated heterocycles. The van der Waals surface area contributed by atoms with E-state index in [0.29, 0.717) is 5.92 Å². The summed E-state index contributed by atoms with van der Waals surface area (Å²) in [5.41, 5.74) is 1.41. The molecule has 0 N–H and O–H groups in total. The number of benzene rings is 1. The minimum atomic E-state index is 0.620. The number of rotatable bonds is 5. The van der Waals surface area contributed by atoms with Gasteiger partial charge in [-0.1, -0.05) is 43.3 Å². The molecule has 0 aromatic heterocycles. The maximum Gasteiger partial charge on any atom is 0.0908 e. The predicted octanol–water partition coefficient (Wildman–Crippen LogP) is 4.04. The van der Waals surface area contributed by atoms with Crippen molar-refractivity contribution in [1.29, 1.82) is 5.26 Å². The van der Waals surface area contributed by atoms with E-state index < -0.39 is 0 Å². The minimum absolute atomic E-state index is 0.620. The van der Waals surface area contributed by atoms with Gasteiger partial charge in [0.05, 0.1) is 6.07 Å². The van der Waals surface area contributed by atoms with Gasteiger partial charge in [0.2, 0.25) is 0 Å². The van der Waals surface area contributed by atoms with E-state index in [1.165, 1.54) is 5.56 Å². The van der Waals surface area contributed by atoms with Crippen LogP contribution in [0.2, 0.25) is 0 Å². The molecule has 0 radical (unpaired) electrons. The van der Waals surface area contributed by atoms with Crippen molar-refractivity contribution in [2.45, 2.75) is 32.1 Å². The van der Waals surface area contributed by atoms with E-state index in [1.807, 2.05) is 18.2 Å². The first kappa shape index (κ1) is 11.5. The van der Waals surface area contributed by atoms with Gasteiger partial charge in [-0.2, -0.15) is 5.26 Å². The first-order valence-electron chi connectivity index (χ1n) is 5.48. The lowest BCUT2D eigenvalue weighted by Gasteiger charge is -2.13. The van der Waals surface area contributed by atoms with Crippen LogP contribution in [0, 0.1) is 11.3 Å². The molecule has 1 rings (SSSR count). The summed E-state index contributed by atoms with van der Waals surface area (Å²) in [6, 6.07) is 12.6. The van der Waals surface area contributed by atoms with Crippen LogP contribution >= 0.6 is 0 Å². The van der Waals surface area contributed by atoms with E-state index in [4.69, 9.17) is 5.26 Å². The maximum absolute atomic E-state index is 8.37. The third kappa shape index (κ3) is 3.99. The molecule has 0 bridgehead atoms. The van der Waals surface area contributed by atoms with E-state index in [1.54, 1.807) is 6.08 Å². The standard InChI is InChI=1S/C14H17N/c1-2-13(9-7-4-8-12-15)14-10-5-3-6-11-14/h3-6,8,10-11,13H,2,7,9H2,1H3. The van der Waals surface area contributed by atoms with Crippen LogP contribution in [0.1, 0.15) is 37.7 Å². The summed E-state index contributed by atoms with van der Waals surface area (Å²) in [4.78, 5) is 0. The van der Waals surface area contributed by atoms with Gasteiger partial charge in [-0.25, -0.2) is 0 Å². The van der Waals surface area contributed by atoms with Gasteiger partial charge in [0, 0.05) is 6.08 Å². The fraction of sp³-hybridized carbons (Fsp3) is 0.357. The molecule has 1 aromatic rings. The molecule has 78 valence electrons. The molecule has 1 atom stereocenters. The summed E-state index contributed by atoms with van der Waals surface area (Å²) in [7, 11) is 0. The Morgan fingerprint density at radius 1 is 1.33 bits per heavy atom. The lowest BCUT2D eigenvalue weighted by molar-refractivity contribution is 0.613. The van der Waals surface area contributed by atoms with Gasteiger partial charge in [0.25, 0.3) is 0 Å². The molecule has 15 heavy (non-hydrogen) atoms. The average Bonchev–Trinajstić information content (AvgIpc) is 2.30. The van der Waals surface area contributed by atoms with E-state index in [9.17, 15) is 0 Å². The number of nitrogens with zero attached hydrogens (tertiary/aromatic N) is 1. The zero-order valence-electron chi connectivity index (χ0n) is 9.19. The molecule has 0 amide bonds. The van der Waals surface area contributed by atoms with Crippen molar-refractivity contribution in [2.24, 2.45) is 0 Å². The van der Waals surface area contributed by atoms with Gasteiger partial charge >= 0.3 is 0 Å². The summed E-state index contributed by atoms with van der Waals surface area (Å²) in [6.45, 7) is 2.21. The molecule has 0 spiro atoms. The SMILES string of the molecule is CCC(CCC=CC#N)c1ccccc1. The van der Waals surface area contributed by atoms with E-state index in [0.717, 1.165) is 19.3 Å². The van der Waals surface area contributed by atoms with Crippen molar-refractivity contribution in [3.8, 4) is 6.07 Å². The summed E-state index contributed by atoms with van der Waals surface area (Å²) in [5.74, 6) is 0.620. The Morgan fingerprint density at radius 3 is 2.67 bits per heavy atom. The van der Waals surface area contributed by atoms with Gasteiger partial charge in [-0.15, -0.1) is 0 Å². The molecule has 0 aliphatic rings. The zero-order valence-corrected chi connectivity index (χ0v) is 9.19. The monoisotopic (exact) mass is 199 g/mol. The van der Waals surface area contributed by atoms with Crippen molar-refractivity contribution in [3.63, 3.8) is 0 Å². The van der Waals surface area contributed by atoms with Crippen molar-refractivity contribution in [2.75, 3.05) is 0 Å². The number of allylic oxidation sites excluding steroid dienone is 2. The second kappa shape index (κ2) is 6.84. The van der Waals surface area contributed by atoms with Crippen molar-refractivity contribution >= 4 is 0 Å². The summed E-state index contributed by atoms with van der Waals surface area (Å²) in [5, 5.41) is 8.37. The fourth-order valence-corrected chi connectivity index (χ4v) is 1.77. The van der Waals surface area contributed by atoms with Crippen LogP contribution in [-0.4, -0.2) is 0 Å². The summed E-state index contributed by atoms with van der Waals surface area (Å²) in [6.07, 6.45) is 6.79. The van der Waals surface area contributed by atoms with Crippen LogP contribution in [0.15, 0.2) is 42.5 Å². The highest BCUT2D eigenvalue weighted by molar-refractivity contribution is 5.19. The lowest BCUT2D eigenvalue weighted by Crippen LogP contribution is -1.96. The van der Waals surface area contributed by atoms with Gasteiger partial charge in [0.15, 0.2) is 0 Å². The second-order valence-corrected chi connectivity index (χ2v) is 3.62. The second-order valence-electron chi connectivity index (χ2n) is 3.62. The highest BCUT2D eigenvalue weighted by Gasteiger charge is 2.06. The third-order valence-corrected chi connectivity index (χ3v) is 2.64. The molecule has 1 unspecified atom stereocenters. The third-order valence-electron chi connectivity index (χ3n) is 2.64. The molecule has 1 heteroatoms. The van der Waals surface area contributed by atoms with Crippen LogP contribution in [0.5, 0.6) is 0 Å². The van der Waals surface area contributed by atoms with Crippen LogP contribution in [-0.2, 0) is 0 Å². The molecule has 0 aliphatic heterocycles. The van der Waals surface area contributed by atoms with Gasteiger partial charge in [-0.3, -0.25) is 0 Å². The maximum atomic E-state index is 8.37. The van der Waals surface area contributed by atoms with Crippen molar-refractivity contribution in [1.82, 2.24) is 0 Å². The first-order valence-corrected chi connectivity index (χ1v) is 5.48. The Kier molecular flexibility index (Phi) is 5.25. The largest absolute Gasteiger partial charge is 0.193 e. The predicted molar refractivity (Wildman–Crippen MR) is 63.5 cm³/mol. The zero-order chi connectivity index (χ0) is 10.9. The van der Waals surface area contributed by atoms with Crippen LogP contribution < -0.4 is 0 Å². The number of hydrogen-bond acceptors (Lipinski definition) is 1. The number of hydrogen-bond donors (Lipinski definition) is 0. The molecular weight excluding hydrogens is 182 g/mol. The van der Waals surface area contributed by atoms with E-state index >= 15 is 0 Å².